The van der Waals surface area contributed by atoms with Crippen molar-refractivity contribution >= 4 is 17.9 Å². The Labute approximate surface area is 165 Å². The minimum absolute atomic E-state index is 0.280. The molecule has 0 amide bonds. The summed E-state index contributed by atoms with van der Waals surface area (Å²) in [5.41, 5.74) is 2.51. The molecule has 1 heterocycles. The summed E-state index contributed by atoms with van der Waals surface area (Å²) in [4.78, 5) is 36.0. The molecular weight excluding hydrogens is 360 g/mol. The summed E-state index contributed by atoms with van der Waals surface area (Å²) >= 11 is 0. The van der Waals surface area contributed by atoms with E-state index in [0.717, 1.165) is 11.1 Å². The average molecular weight is 388 g/mol. The predicted molar refractivity (Wildman–Crippen MR) is 104 cm³/mol. The molecule has 4 atom stereocenters. The van der Waals surface area contributed by atoms with Crippen LogP contribution in [0.5, 0.6) is 0 Å². The summed E-state index contributed by atoms with van der Waals surface area (Å²) in [5, 5.41) is 0. The van der Waals surface area contributed by atoms with Crippen LogP contribution in [0.25, 0.3) is 0 Å². The molecule has 0 spiro atoms. The lowest BCUT2D eigenvalue weighted by atomic mass is 9.85. The van der Waals surface area contributed by atoms with Gasteiger partial charge < -0.3 is 14.2 Å². The quantitative estimate of drug-likeness (QED) is 0.318. The Bertz CT molecular complexity index is 770. The van der Waals surface area contributed by atoms with Crippen molar-refractivity contribution in [2.24, 2.45) is 5.92 Å². The second kappa shape index (κ2) is 9.04. The summed E-state index contributed by atoms with van der Waals surface area (Å²) in [6.07, 6.45) is 4.69. The number of esters is 3. The summed E-state index contributed by atoms with van der Waals surface area (Å²) in [6, 6.07) is 0. The van der Waals surface area contributed by atoms with Crippen LogP contribution in [-0.4, -0.2) is 36.2 Å². The van der Waals surface area contributed by atoms with Gasteiger partial charge in [0.2, 0.25) is 0 Å². The van der Waals surface area contributed by atoms with Crippen LogP contribution in [0.1, 0.15) is 47.5 Å². The molecular formula is C22H28O6. The molecule has 2 rings (SSSR count). The lowest BCUT2D eigenvalue weighted by Crippen LogP contribution is -2.34. The van der Waals surface area contributed by atoms with Crippen molar-refractivity contribution in [3.8, 4) is 0 Å². The Hall–Kier alpha value is -2.63. The second-order valence-electron chi connectivity index (χ2n) is 7.34. The fraction of sp³-hybridized carbons (Fsp3) is 0.500. The van der Waals surface area contributed by atoms with Gasteiger partial charge in [-0.3, -0.25) is 4.79 Å². The number of allylic oxidation sites excluding steroid dienone is 1. The van der Waals surface area contributed by atoms with Gasteiger partial charge in [0.1, 0.15) is 18.3 Å². The van der Waals surface area contributed by atoms with Crippen LogP contribution in [0.2, 0.25) is 0 Å². The fourth-order valence-electron chi connectivity index (χ4n) is 3.37. The summed E-state index contributed by atoms with van der Waals surface area (Å²) in [6.45, 7) is 12.4. The third-order valence-electron chi connectivity index (χ3n) is 5.12. The lowest BCUT2D eigenvalue weighted by Gasteiger charge is -2.28. The molecule has 0 aromatic carbocycles. The topological polar surface area (TPSA) is 78.9 Å². The standard InChI is InChI=1S/C22H28O6/c1-7-13(3)21(24)27-18-10-12(2)8-9-17(26-16(6)23)14(4)11-19-20(18)15(5)22(25)28-19/h7-8,11,17-20H,5,9-10H2,1-4,6H3/b12-8+,13-7-,14-11-/t17-,18-,19+,20-/m0/s1. The largest absolute Gasteiger partial charge is 0.458 e. The molecule has 0 saturated carbocycles. The number of carbonyl (C=O) groups excluding carboxylic acids is 3. The first-order valence-corrected chi connectivity index (χ1v) is 9.38. The average Bonchev–Trinajstić information content (AvgIpc) is 2.89. The molecule has 1 aliphatic carbocycles. The van der Waals surface area contributed by atoms with Crippen LogP contribution in [0.15, 0.2) is 47.1 Å². The maximum absolute atomic E-state index is 12.4. The van der Waals surface area contributed by atoms with Gasteiger partial charge in [-0.2, -0.15) is 0 Å². The number of rotatable bonds is 3. The van der Waals surface area contributed by atoms with E-state index in [0.29, 0.717) is 18.4 Å². The van der Waals surface area contributed by atoms with Gasteiger partial charge in [-0.15, -0.1) is 0 Å². The van der Waals surface area contributed by atoms with Crippen LogP contribution in [0.3, 0.4) is 0 Å². The highest BCUT2D eigenvalue weighted by molar-refractivity contribution is 5.92. The van der Waals surface area contributed by atoms with Gasteiger partial charge in [-0.05, 0) is 39.3 Å². The van der Waals surface area contributed by atoms with Gasteiger partial charge in [-0.1, -0.05) is 24.3 Å². The Morgan fingerprint density at radius 3 is 2.54 bits per heavy atom. The lowest BCUT2D eigenvalue weighted by molar-refractivity contribution is -0.148. The molecule has 0 aromatic heterocycles. The van der Waals surface area contributed by atoms with Crippen molar-refractivity contribution < 1.29 is 28.6 Å². The van der Waals surface area contributed by atoms with Crippen molar-refractivity contribution in [1.29, 1.82) is 0 Å². The van der Waals surface area contributed by atoms with E-state index in [-0.39, 0.29) is 11.5 Å². The second-order valence-corrected chi connectivity index (χ2v) is 7.34. The minimum Gasteiger partial charge on any atom is -0.458 e. The highest BCUT2D eigenvalue weighted by atomic mass is 16.6. The molecule has 0 bridgehead atoms. The van der Waals surface area contributed by atoms with Crippen LogP contribution >= 0.6 is 0 Å². The van der Waals surface area contributed by atoms with Gasteiger partial charge in [-0.25, -0.2) is 9.59 Å². The van der Waals surface area contributed by atoms with Gasteiger partial charge in [0, 0.05) is 30.9 Å². The maximum Gasteiger partial charge on any atom is 0.334 e. The third-order valence-corrected chi connectivity index (χ3v) is 5.12. The maximum atomic E-state index is 12.4. The van der Waals surface area contributed by atoms with Crippen molar-refractivity contribution in [3.05, 3.63) is 47.1 Å². The third kappa shape index (κ3) is 5.00. The first-order chi connectivity index (χ1) is 13.1. The van der Waals surface area contributed by atoms with E-state index >= 15 is 0 Å². The first-order valence-electron chi connectivity index (χ1n) is 9.38. The molecule has 0 unspecified atom stereocenters. The van der Waals surface area contributed by atoms with E-state index in [2.05, 4.69) is 6.58 Å². The van der Waals surface area contributed by atoms with E-state index in [1.807, 2.05) is 19.9 Å². The highest BCUT2D eigenvalue weighted by Crippen LogP contribution is 2.36. The number of fused-ring (bicyclic) bond motifs is 1. The van der Waals surface area contributed by atoms with Crippen molar-refractivity contribution in [2.75, 3.05) is 0 Å². The van der Waals surface area contributed by atoms with Crippen LogP contribution in [0.4, 0.5) is 0 Å². The van der Waals surface area contributed by atoms with E-state index < -0.39 is 36.2 Å². The Morgan fingerprint density at radius 1 is 1.25 bits per heavy atom. The van der Waals surface area contributed by atoms with Gasteiger partial charge >= 0.3 is 17.9 Å². The zero-order valence-corrected chi connectivity index (χ0v) is 17.1. The van der Waals surface area contributed by atoms with Crippen LogP contribution < -0.4 is 0 Å². The van der Waals surface area contributed by atoms with Crippen LogP contribution in [0, 0.1) is 5.92 Å². The zero-order valence-electron chi connectivity index (χ0n) is 17.1. The zero-order chi connectivity index (χ0) is 21.0. The van der Waals surface area contributed by atoms with Gasteiger partial charge in [0.25, 0.3) is 0 Å². The molecule has 6 nitrogen and oxygen atoms in total. The van der Waals surface area contributed by atoms with E-state index in [9.17, 15) is 14.4 Å². The predicted octanol–water partition coefficient (Wildman–Crippen LogP) is 3.58. The Kier molecular flexibility index (Phi) is 7.00. The summed E-state index contributed by atoms with van der Waals surface area (Å²) in [5.74, 6) is -1.82. The smallest absolute Gasteiger partial charge is 0.334 e. The van der Waals surface area contributed by atoms with Gasteiger partial charge in [0.15, 0.2) is 0 Å². The SMILES string of the molecule is C=C1C(=O)O[C@@H]2/C=C(/C)[C@@H](OC(C)=O)C/C=C(\C)C[C@H](OC(=O)/C(C)=C\C)[C@H]12. The van der Waals surface area contributed by atoms with Crippen molar-refractivity contribution in [1.82, 2.24) is 0 Å². The minimum atomic E-state index is -0.632. The van der Waals surface area contributed by atoms with Crippen molar-refractivity contribution in [3.63, 3.8) is 0 Å². The fourth-order valence-corrected chi connectivity index (χ4v) is 3.37. The molecule has 0 N–H and O–H groups in total. The molecule has 1 saturated heterocycles. The molecule has 152 valence electrons. The molecule has 0 radical (unpaired) electrons. The van der Waals surface area contributed by atoms with E-state index in [1.54, 1.807) is 26.0 Å². The number of ether oxygens (including phenoxy) is 3. The molecule has 1 aliphatic heterocycles. The monoisotopic (exact) mass is 388 g/mol. The molecule has 1 fully saturated rings. The van der Waals surface area contributed by atoms with Gasteiger partial charge in [0.05, 0.1) is 5.92 Å². The number of hydrogen-bond acceptors (Lipinski definition) is 6. The van der Waals surface area contributed by atoms with E-state index in [1.165, 1.54) is 6.92 Å². The summed E-state index contributed by atoms with van der Waals surface area (Å²) < 4.78 is 16.7. The molecule has 2 aliphatic rings. The first kappa shape index (κ1) is 21.7. The number of carbonyl (C=O) groups is 3. The normalized spacial score (nSPS) is 32.2. The molecule has 0 aromatic rings. The van der Waals surface area contributed by atoms with Crippen molar-refractivity contribution in [2.45, 2.75) is 65.8 Å². The Morgan fingerprint density at radius 2 is 1.93 bits per heavy atom. The van der Waals surface area contributed by atoms with Crippen LogP contribution in [-0.2, 0) is 28.6 Å². The molecule has 6 heteroatoms. The highest BCUT2D eigenvalue weighted by Gasteiger charge is 2.44. The number of hydrogen-bond donors (Lipinski definition) is 0. The Balaban J connectivity index is 2.44. The van der Waals surface area contributed by atoms with E-state index in [4.69, 9.17) is 14.2 Å². The summed E-state index contributed by atoms with van der Waals surface area (Å²) in [7, 11) is 0. The molecule has 28 heavy (non-hydrogen) atoms.